The molecule has 0 amide bonds. The van der Waals surface area contributed by atoms with Gasteiger partial charge in [0.15, 0.2) is 5.69 Å². The largest absolute Gasteiger partial charge is 0.476 e. The molecule has 5 heteroatoms. The monoisotopic (exact) mass is 322 g/mol. The Kier molecular flexibility index (Phi) is 3.75. The molecular formula is C14H15BrN2O2. The van der Waals surface area contributed by atoms with E-state index < -0.39 is 5.97 Å². The highest BCUT2D eigenvalue weighted by atomic mass is 79.9. The van der Waals surface area contributed by atoms with E-state index in [1.54, 1.807) is 17.8 Å². The van der Waals surface area contributed by atoms with Gasteiger partial charge in [0.2, 0.25) is 0 Å². The lowest BCUT2D eigenvalue weighted by Gasteiger charge is -2.13. The highest BCUT2D eigenvalue weighted by Gasteiger charge is 2.16. The molecular weight excluding hydrogens is 308 g/mol. The van der Waals surface area contributed by atoms with Crippen LogP contribution in [0, 0.1) is 0 Å². The van der Waals surface area contributed by atoms with Gasteiger partial charge >= 0.3 is 5.97 Å². The van der Waals surface area contributed by atoms with Gasteiger partial charge in [-0.25, -0.2) is 4.79 Å². The molecule has 1 aromatic heterocycles. The third-order valence-electron chi connectivity index (χ3n) is 3.01. The Balaban J connectivity index is 2.64. The van der Waals surface area contributed by atoms with Crippen molar-refractivity contribution in [2.24, 2.45) is 7.05 Å². The van der Waals surface area contributed by atoms with Crippen LogP contribution in [0.2, 0.25) is 0 Å². The number of aromatic carboxylic acids is 1. The van der Waals surface area contributed by atoms with Crippen LogP contribution in [0.4, 0.5) is 0 Å². The minimum absolute atomic E-state index is 0.0622. The number of benzene rings is 1. The Hall–Kier alpha value is -1.62. The third kappa shape index (κ3) is 2.71. The number of hydrogen-bond donors (Lipinski definition) is 1. The van der Waals surface area contributed by atoms with E-state index in [9.17, 15) is 4.79 Å². The van der Waals surface area contributed by atoms with Crippen LogP contribution in [-0.4, -0.2) is 20.9 Å². The van der Waals surface area contributed by atoms with Crippen molar-refractivity contribution in [1.29, 1.82) is 0 Å². The van der Waals surface area contributed by atoms with Gasteiger partial charge in [-0.05, 0) is 29.7 Å². The van der Waals surface area contributed by atoms with E-state index in [-0.39, 0.29) is 5.69 Å². The van der Waals surface area contributed by atoms with Gasteiger partial charge in [-0.15, -0.1) is 0 Å². The van der Waals surface area contributed by atoms with Gasteiger partial charge in [-0.2, -0.15) is 5.10 Å². The van der Waals surface area contributed by atoms with Crippen LogP contribution in [0.3, 0.4) is 0 Å². The van der Waals surface area contributed by atoms with Crippen molar-refractivity contribution < 1.29 is 9.90 Å². The van der Waals surface area contributed by atoms with E-state index in [2.05, 4.69) is 40.9 Å². The van der Waals surface area contributed by atoms with Gasteiger partial charge < -0.3 is 5.11 Å². The molecule has 1 aromatic carbocycles. The summed E-state index contributed by atoms with van der Waals surface area (Å²) in [6, 6.07) is 7.65. The molecule has 0 saturated carbocycles. The number of carbonyl (C=O) groups is 1. The van der Waals surface area contributed by atoms with Crippen LogP contribution >= 0.6 is 15.9 Å². The third-order valence-corrected chi connectivity index (χ3v) is 3.51. The molecule has 0 unspecified atom stereocenters. The zero-order valence-electron chi connectivity index (χ0n) is 11.0. The topological polar surface area (TPSA) is 55.1 Å². The van der Waals surface area contributed by atoms with Crippen LogP contribution in [0.1, 0.15) is 35.8 Å². The Bertz CT molecular complexity index is 632. The van der Waals surface area contributed by atoms with Crippen molar-refractivity contribution >= 4 is 21.9 Å². The summed E-state index contributed by atoms with van der Waals surface area (Å²) in [7, 11) is 1.76. The first-order valence-electron chi connectivity index (χ1n) is 5.97. The van der Waals surface area contributed by atoms with E-state index in [4.69, 9.17) is 5.11 Å². The summed E-state index contributed by atoms with van der Waals surface area (Å²) in [5.74, 6) is -0.658. The summed E-state index contributed by atoms with van der Waals surface area (Å²) < 4.78 is 2.57. The summed E-state index contributed by atoms with van der Waals surface area (Å²) in [5, 5.41) is 13.0. The highest BCUT2D eigenvalue weighted by Crippen LogP contribution is 2.32. The van der Waals surface area contributed by atoms with Crippen LogP contribution in [0.5, 0.6) is 0 Å². The molecule has 0 spiro atoms. The predicted molar refractivity (Wildman–Crippen MR) is 77.4 cm³/mol. The molecule has 1 heterocycles. The molecule has 0 aliphatic carbocycles. The second-order valence-electron chi connectivity index (χ2n) is 4.73. The normalized spacial score (nSPS) is 11.0. The van der Waals surface area contributed by atoms with Crippen LogP contribution in [0.25, 0.3) is 11.3 Å². The van der Waals surface area contributed by atoms with Gasteiger partial charge in [-0.1, -0.05) is 35.8 Å². The molecule has 0 radical (unpaired) electrons. The SMILES string of the molecule is CC(C)c1ccc(Br)cc1-c1cc(C(=O)O)nn1C. The summed E-state index contributed by atoms with van der Waals surface area (Å²) in [6.45, 7) is 4.22. The van der Waals surface area contributed by atoms with Crippen LogP contribution < -0.4 is 0 Å². The van der Waals surface area contributed by atoms with E-state index in [0.29, 0.717) is 5.92 Å². The average molecular weight is 323 g/mol. The minimum atomic E-state index is -1.01. The maximum atomic E-state index is 11.0. The first kappa shape index (κ1) is 13.8. The van der Waals surface area contributed by atoms with Crippen LogP contribution in [0.15, 0.2) is 28.7 Å². The lowest BCUT2D eigenvalue weighted by molar-refractivity contribution is 0.0689. The van der Waals surface area contributed by atoms with E-state index >= 15 is 0 Å². The second kappa shape index (κ2) is 5.17. The number of carboxylic acid groups (broad SMARTS) is 1. The highest BCUT2D eigenvalue weighted by molar-refractivity contribution is 9.10. The molecule has 0 atom stereocenters. The number of rotatable bonds is 3. The fraction of sp³-hybridized carbons (Fsp3) is 0.286. The maximum absolute atomic E-state index is 11.0. The number of aromatic nitrogens is 2. The summed E-state index contributed by atoms with van der Waals surface area (Å²) >= 11 is 3.46. The van der Waals surface area contributed by atoms with Gasteiger partial charge in [0.05, 0.1) is 5.69 Å². The zero-order valence-corrected chi connectivity index (χ0v) is 12.6. The average Bonchev–Trinajstić information content (AvgIpc) is 2.71. The smallest absolute Gasteiger partial charge is 0.356 e. The van der Waals surface area contributed by atoms with Gasteiger partial charge in [0.1, 0.15) is 0 Å². The lowest BCUT2D eigenvalue weighted by atomic mass is 9.95. The quantitative estimate of drug-likeness (QED) is 0.937. The molecule has 0 fully saturated rings. The maximum Gasteiger partial charge on any atom is 0.356 e. The van der Waals surface area contributed by atoms with Crippen molar-refractivity contribution in [3.8, 4) is 11.3 Å². The molecule has 2 rings (SSSR count). The predicted octanol–water partition coefficient (Wildman–Crippen LogP) is 3.67. The van der Waals surface area contributed by atoms with Gasteiger partial charge in [0, 0.05) is 17.1 Å². The number of halogens is 1. The summed E-state index contributed by atoms with van der Waals surface area (Å²) in [5.41, 5.74) is 3.05. The van der Waals surface area contributed by atoms with Crippen molar-refractivity contribution in [2.45, 2.75) is 19.8 Å². The standard InChI is InChI=1S/C14H15BrN2O2/c1-8(2)10-5-4-9(15)6-11(10)13-7-12(14(18)19)16-17(13)3/h4-8H,1-3H3,(H,18,19). The molecule has 1 N–H and O–H groups in total. The number of carboxylic acids is 1. The summed E-state index contributed by atoms with van der Waals surface area (Å²) in [6.07, 6.45) is 0. The molecule has 0 bridgehead atoms. The van der Waals surface area contributed by atoms with Crippen molar-refractivity contribution in [2.75, 3.05) is 0 Å². The first-order valence-corrected chi connectivity index (χ1v) is 6.76. The fourth-order valence-corrected chi connectivity index (χ4v) is 2.44. The van der Waals surface area contributed by atoms with Crippen LogP contribution in [-0.2, 0) is 7.05 Å². The van der Waals surface area contributed by atoms with E-state index in [1.807, 2.05) is 12.1 Å². The van der Waals surface area contributed by atoms with E-state index in [0.717, 1.165) is 15.7 Å². The second-order valence-corrected chi connectivity index (χ2v) is 5.65. The molecule has 2 aromatic rings. The molecule has 19 heavy (non-hydrogen) atoms. The Morgan fingerprint density at radius 1 is 1.37 bits per heavy atom. The molecule has 0 aliphatic heterocycles. The Morgan fingerprint density at radius 3 is 2.58 bits per heavy atom. The Morgan fingerprint density at radius 2 is 2.05 bits per heavy atom. The molecule has 0 saturated heterocycles. The fourth-order valence-electron chi connectivity index (χ4n) is 2.08. The van der Waals surface area contributed by atoms with E-state index in [1.165, 1.54) is 5.56 Å². The first-order chi connectivity index (χ1) is 8.90. The van der Waals surface area contributed by atoms with Crippen molar-refractivity contribution in [1.82, 2.24) is 9.78 Å². The molecule has 4 nitrogen and oxygen atoms in total. The molecule has 100 valence electrons. The minimum Gasteiger partial charge on any atom is -0.476 e. The Labute approximate surface area is 120 Å². The van der Waals surface area contributed by atoms with Crippen molar-refractivity contribution in [3.63, 3.8) is 0 Å². The summed E-state index contributed by atoms with van der Waals surface area (Å²) in [4.78, 5) is 11.0. The number of hydrogen-bond acceptors (Lipinski definition) is 2. The van der Waals surface area contributed by atoms with Gasteiger partial charge in [0.25, 0.3) is 0 Å². The van der Waals surface area contributed by atoms with Crippen molar-refractivity contribution in [3.05, 3.63) is 40.0 Å². The number of aryl methyl sites for hydroxylation is 1. The zero-order chi connectivity index (χ0) is 14.2. The lowest BCUT2D eigenvalue weighted by Crippen LogP contribution is -2.00. The van der Waals surface area contributed by atoms with Gasteiger partial charge in [-0.3, -0.25) is 4.68 Å². The number of nitrogens with zero attached hydrogens (tertiary/aromatic N) is 2. The molecule has 0 aliphatic rings.